The molecule has 1 saturated heterocycles. The van der Waals surface area contributed by atoms with Crippen LogP contribution in [0.4, 0.5) is 30.8 Å². The summed E-state index contributed by atoms with van der Waals surface area (Å²) < 4.78 is 38.8. The second kappa shape index (κ2) is 7.26. The Bertz CT molecular complexity index is 1030. The molecule has 1 aliphatic heterocycles. The van der Waals surface area contributed by atoms with E-state index in [1.807, 2.05) is 24.0 Å². The van der Waals surface area contributed by atoms with Crippen molar-refractivity contribution < 1.29 is 13.2 Å². The Morgan fingerprint density at radius 3 is 2.55 bits per heavy atom. The van der Waals surface area contributed by atoms with Crippen molar-refractivity contribution in [2.45, 2.75) is 20.0 Å². The standard InChI is InChI=1S/C19H18F3N7/c1-11-9-29(10-11)18-27-16(14-5-3-4-12(2)24-14)26-17(28-18)25-13-6-7-23-15(8-13)19(20,21)22/h3-8,11H,9-10H2,1-2H3,(H,23,25,26,27,28). The number of nitrogens with zero attached hydrogens (tertiary/aromatic N) is 6. The zero-order valence-corrected chi connectivity index (χ0v) is 15.8. The van der Waals surface area contributed by atoms with Crippen LogP contribution in [0.5, 0.6) is 0 Å². The number of aryl methyl sites for hydroxylation is 1. The largest absolute Gasteiger partial charge is 0.433 e. The molecule has 0 aromatic carbocycles. The van der Waals surface area contributed by atoms with Gasteiger partial charge in [0.05, 0.1) is 0 Å². The van der Waals surface area contributed by atoms with E-state index >= 15 is 0 Å². The molecule has 0 aliphatic carbocycles. The van der Waals surface area contributed by atoms with Crippen molar-refractivity contribution in [3.8, 4) is 11.5 Å². The van der Waals surface area contributed by atoms with Gasteiger partial charge in [-0.2, -0.15) is 28.1 Å². The molecule has 4 rings (SSSR count). The van der Waals surface area contributed by atoms with Gasteiger partial charge in [0.1, 0.15) is 11.4 Å². The first-order valence-electron chi connectivity index (χ1n) is 9.03. The van der Waals surface area contributed by atoms with E-state index in [1.54, 1.807) is 6.07 Å². The van der Waals surface area contributed by atoms with E-state index in [2.05, 4.69) is 37.2 Å². The molecule has 4 heterocycles. The van der Waals surface area contributed by atoms with Crippen molar-refractivity contribution in [2.24, 2.45) is 5.92 Å². The number of nitrogens with one attached hydrogen (secondary N) is 1. The minimum absolute atomic E-state index is 0.146. The number of rotatable bonds is 4. The van der Waals surface area contributed by atoms with Crippen LogP contribution >= 0.6 is 0 Å². The Balaban J connectivity index is 1.71. The van der Waals surface area contributed by atoms with Crippen LogP contribution in [0.25, 0.3) is 11.5 Å². The third-order valence-corrected chi connectivity index (χ3v) is 4.39. The summed E-state index contributed by atoms with van der Waals surface area (Å²) >= 11 is 0. The molecule has 1 fully saturated rings. The van der Waals surface area contributed by atoms with Crippen LogP contribution in [0.15, 0.2) is 36.5 Å². The van der Waals surface area contributed by atoms with Crippen molar-refractivity contribution >= 4 is 17.6 Å². The third-order valence-electron chi connectivity index (χ3n) is 4.39. The molecule has 29 heavy (non-hydrogen) atoms. The third kappa shape index (κ3) is 4.25. The monoisotopic (exact) mass is 401 g/mol. The Hall–Kier alpha value is -3.30. The van der Waals surface area contributed by atoms with Gasteiger partial charge in [0.15, 0.2) is 5.82 Å². The number of halogens is 3. The zero-order valence-electron chi connectivity index (χ0n) is 15.8. The molecule has 3 aromatic rings. The zero-order chi connectivity index (χ0) is 20.6. The Morgan fingerprint density at radius 2 is 1.86 bits per heavy atom. The second-order valence-corrected chi connectivity index (χ2v) is 7.01. The van der Waals surface area contributed by atoms with Gasteiger partial charge in [0.2, 0.25) is 11.9 Å². The lowest BCUT2D eigenvalue weighted by Crippen LogP contribution is -2.46. The first kappa shape index (κ1) is 19.0. The Labute approximate surface area is 165 Å². The van der Waals surface area contributed by atoms with Crippen LogP contribution < -0.4 is 10.2 Å². The fourth-order valence-electron chi connectivity index (χ4n) is 3.00. The highest BCUT2D eigenvalue weighted by Crippen LogP contribution is 2.30. The summed E-state index contributed by atoms with van der Waals surface area (Å²) in [6.45, 7) is 5.59. The van der Waals surface area contributed by atoms with Gasteiger partial charge in [-0.3, -0.25) is 4.98 Å². The molecule has 150 valence electrons. The minimum atomic E-state index is -4.54. The topological polar surface area (TPSA) is 79.7 Å². The molecule has 0 saturated carbocycles. The molecule has 3 aromatic heterocycles. The highest BCUT2D eigenvalue weighted by molar-refractivity contribution is 5.59. The average Bonchev–Trinajstić information content (AvgIpc) is 2.65. The normalized spacial score (nSPS) is 14.6. The molecule has 0 spiro atoms. The molecule has 10 heteroatoms. The minimum Gasteiger partial charge on any atom is -0.340 e. The van der Waals surface area contributed by atoms with Crippen LogP contribution in [0.2, 0.25) is 0 Å². The molecule has 0 unspecified atom stereocenters. The van der Waals surface area contributed by atoms with E-state index in [0.29, 0.717) is 23.4 Å². The van der Waals surface area contributed by atoms with Crippen molar-refractivity contribution in [2.75, 3.05) is 23.3 Å². The molecular formula is C19H18F3N7. The molecule has 0 radical (unpaired) electrons. The lowest BCUT2D eigenvalue weighted by molar-refractivity contribution is -0.141. The quantitative estimate of drug-likeness (QED) is 0.711. The first-order chi connectivity index (χ1) is 13.8. The fourth-order valence-corrected chi connectivity index (χ4v) is 3.00. The molecule has 0 atom stereocenters. The molecule has 1 N–H and O–H groups in total. The maximum atomic E-state index is 12.9. The van der Waals surface area contributed by atoms with Crippen LogP contribution in [-0.2, 0) is 6.18 Å². The highest BCUT2D eigenvalue weighted by atomic mass is 19.4. The van der Waals surface area contributed by atoms with Gasteiger partial charge >= 0.3 is 6.18 Å². The molecule has 0 bridgehead atoms. The van der Waals surface area contributed by atoms with Gasteiger partial charge in [-0.15, -0.1) is 0 Å². The fraction of sp³-hybridized carbons (Fsp3) is 0.316. The SMILES string of the molecule is Cc1cccc(-c2nc(Nc3ccnc(C(F)(F)F)c3)nc(N3CC(C)C3)n2)n1. The van der Waals surface area contributed by atoms with Crippen LogP contribution in [-0.4, -0.2) is 38.0 Å². The van der Waals surface area contributed by atoms with Crippen LogP contribution in [0, 0.1) is 12.8 Å². The summed E-state index contributed by atoms with van der Waals surface area (Å²) in [7, 11) is 0. The molecule has 0 amide bonds. The maximum absolute atomic E-state index is 12.9. The summed E-state index contributed by atoms with van der Waals surface area (Å²) in [6, 6.07) is 7.83. The number of pyridine rings is 2. The van der Waals surface area contributed by atoms with Gasteiger partial charge in [-0.1, -0.05) is 13.0 Å². The number of alkyl halides is 3. The smallest absolute Gasteiger partial charge is 0.340 e. The number of anilines is 3. The Morgan fingerprint density at radius 1 is 1.07 bits per heavy atom. The predicted octanol–water partition coefficient (Wildman–Crippen LogP) is 3.86. The van der Waals surface area contributed by atoms with Gasteiger partial charge in [-0.05, 0) is 37.1 Å². The average molecular weight is 401 g/mol. The maximum Gasteiger partial charge on any atom is 0.433 e. The van der Waals surface area contributed by atoms with E-state index in [1.165, 1.54) is 6.07 Å². The van der Waals surface area contributed by atoms with Crippen molar-refractivity contribution in [3.05, 3.63) is 47.9 Å². The van der Waals surface area contributed by atoms with Gasteiger partial charge in [0, 0.05) is 30.7 Å². The van der Waals surface area contributed by atoms with E-state index in [-0.39, 0.29) is 11.6 Å². The van der Waals surface area contributed by atoms with E-state index < -0.39 is 11.9 Å². The van der Waals surface area contributed by atoms with E-state index in [9.17, 15) is 13.2 Å². The summed E-state index contributed by atoms with van der Waals surface area (Å²) in [5.74, 6) is 1.49. The lowest BCUT2D eigenvalue weighted by Gasteiger charge is -2.37. The highest BCUT2D eigenvalue weighted by Gasteiger charge is 2.32. The Kier molecular flexibility index (Phi) is 4.77. The summed E-state index contributed by atoms with van der Waals surface area (Å²) in [5.41, 5.74) is 0.565. The van der Waals surface area contributed by atoms with Crippen molar-refractivity contribution in [1.82, 2.24) is 24.9 Å². The summed E-state index contributed by atoms with van der Waals surface area (Å²) in [4.78, 5) is 23.1. The van der Waals surface area contributed by atoms with Gasteiger partial charge < -0.3 is 10.2 Å². The molecule has 1 aliphatic rings. The summed E-state index contributed by atoms with van der Waals surface area (Å²) in [5, 5.41) is 2.84. The number of hydrogen-bond acceptors (Lipinski definition) is 7. The number of hydrogen-bond donors (Lipinski definition) is 1. The van der Waals surface area contributed by atoms with Crippen molar-refractivity contribution in [3.63, 3.8) is 0 Å². The molecule has 7 nitrogen and oxygen atoms in total. The van der Waals surface area contributed by atoms with E-state index in [4.69, 9.17) is 0 Å². The lowest BCUT2D eigenvalue weighted by atomic mass is 10.0. The summed E-state index contributed by atoms with van der Waals surface area (Å²) in [6.07, 6.45) is -3.44. The molecular weight excluding hydrogens is 383 g/mol. The van der Waals surface area contributed by atoms with E-state index in [0.717, 1.165) is 31.0 Å². The predicted molar refractivity (Wildman–Crippen MR) is 102 cm³/mol. The number of aromatic nitrogens is 5. The van der Waals surface area contributed by atoms with Crippen LogP contribution in [0.1, 0.15) is 18.3 Å². The van der Waals surface area contributed by atoms with Gasteiger partial charge in [0.25, 0.3) is 0 Å². The first-order valence-corrected chi connectivity index (χ1v) is 9.03. The van der Waals surface area contributed by atoms with Crippen LogP contribution in [0.3, 0.4) is 0 Å². The van der Waals surface area contributed by atoms with Gasteiger partial charge in [-0.25, -0.2) is 4.98 Å². The van der Waals surface area contributed by atoms with Crippen molar-refractivity contribution in [1.29, 1.82) is 0 Å². The second-order valence-electron chi connectivity index (χ2n) is 7.01.